The minimum atomic E-state index is -4.43. The third kappa shape index (κ3) is 5.58. The van der Waals surface area contributed by atoms with E-state index in [1.54, 1.807) is 36.4 Å². The number of ether oxygens (including phenoxy) is 2. The summed E-state index contributed by atoms with van der Waals surface area (Å²) in [5.41, 5.74) is 3.07. The van der Waals surface area contributed by atoms with Crippen molar-refractivity contribution in [2.24, 2.45) is 0 Å². The van der Waals surface area contributed by atoms with E-state index in [-0.39, 0.29) is 4.90 Å². The molecule has 0 bridgehead atoms. The van der Waals surface area contributed by atoms with Gasteiger partial charge in [0, 0.05) is 18.8 Å². The Kier molecular flexibility index (Phi) is 8.48. The highest BCUT2D eigenvalue weighted by Crippen LogP contribution is 2.37. The van der Waals surface area contributed by atoms with E-state index in [9.17, 15) is 18.0 Å². The number of methoxy groups -OCH3 is 2. The first-order chi connectivity index (χ1) is 18.3. The molecule has 4 rings (SSSR count). The SMILES string of the molecule is COC(=O)C(C(=O)OC)N(C(c1ccccc1)c1ccc(N2CCCC2)cc1)S(=O)(=O)c1ccc(C)cc1. The molecule has 0 radical (unpaired) electrons. The molecular weight excluding hydrogens is 504 g/mol. The van der Waals surface area contributed by atoms with Gasteiger partial charge >= 0.3 is 11.9 Å². The summed E-state index contributed by atoms with van der Waals surface area (Å²) in [4.78, 5) is 28.3. The van der Waals surface area contributed by atoms with E-state index in [0.29, 0.717) is 11.1 Å². The first kappa shape index (κ1) is 27.3. The smallest absolute Gasteiger partial charge is 0.335 e. The zero-order valence-electron chi connectivity index (χ0n) is 21.7. The minimum Gasteiger partial charge on any atom is -0.467 e. The fraction of sp³-hybridized carbons (Fsp3) is 0.310. The number of benzene rings is 3. The van der Waals surface area contributed by atoms with Gasteiger partial charge in [0.05, 0.1) is 25.2 Å². The highest BCUT2D eigenvalue weighted by Gasteiger charge is 2.47. The first-order valence-electron chi connectivity index (χ1n) is 12.4. The van der Waals surface area contributed by atoms with Gasteiger partial charge in [0.2, 0.25) is 16.1 Å². The van der Waals surface area contributed by atoms with Crippen molar-refractivity contribution in [3.63, 3.8) is 0 Å². The number of rotatable bonds is 9. The summed E-state index contributed by atoms with van der Waals surface area (Å²) in [6.45, 7) is 3.76. The molecule has 1 aliphatic rings. The van der Waals surface area contributed by atoms with Crippen LogP contribution in [0.2, 0.25) is 0 Å². The molecule has 1 saturated heterocycles. The molecule has 0 N–H and O–H groups in total. The largest absolute Gasteiger partial charge is 0.467 e. The second kappa shape index (κ2) is 11.8. The van der Waals surface area contributed by atoms with Crippen molar-refractivity contribution < 1.29 is 27.5 Å². The monoisotopic (exact) mass is 536 g/mol. The molecule has 1 aliphatic heterocycles. The number of nitrogens with zero attached hydrogens (tertiary/aromatic N) is 2. The molecule has 0 saturated carbocycles. The fourth-order valence-electron chi connectivity index (χ4n) is 4.75. The average molecular weight is 537 g/mol. The number of anilines is 1. The summed E-state index contributed by atoms with van der Waals surface area (Å²) < 4.78 is 39.3. The van der Waals surface area contributed by atoms with Crippen LogP contribution in [0.15, 0.2) is 83.8 Å². The Morgan fingerprint density at radius 1 is 0.789 bits per heavy atom. The van der Waals surface area contributed by atoms with Crippen molar-refractivity contribution in [1.82, 2.24) is 4.31 Å². The van der Waals surface area contributed by atoms with E-state index in [1.165, 1.54) is 12.1 Å². The molecule has 3 aromatic rings. The summed E-state index contributed by atoms with van der Waals surface area (Å²) in [6, 6.07) is 19.8. The van der Waals surface area contributed by atoms with Crippen molar-refractivity contribution in [3.05, 3.63) is 95.6 Å². The molecule has 0 amide bonds. The van der Waals surface area contributed by atoms with Crippen LogP contribution in [-0.2, 0) is 29.1 Å². The predicted molar refractivity (Wildman–Crippen MR) is 144 cm³/mol. The van der Waals surface area contributed by atoms with Gasteiger partial charge in [-0.3, -0.25) is 0 Å². The Hall–Kier alpha value is -3.69. The van der Waals surface area contributed by atoms with Gasteiger partial charge in [0.25, 0.3) is 0 Å². The minimum absolute atomic E-state index is 0.0597. The highest BCUT2D eigenvalue weighted by atomic mass is 32.2. The Labute approximate surface area is 223 Å². The van der Waals surface area contributed by atoms with Crippen molar-refractivity contribution in [2.45, 2.75) is 36.7 Å². The third-order valence-corrected chi connectivity index (χ3v) is 8.59. The van der Waals surface area contributed by atoms with Crippen LogP contribution in [0.5, 0.6) is 0 Å². The summed E-state index contributed by atoms with van der Waals surface area (Å²) in [5.74, 6) is -2.08. The van der Waals surface area contributed by atoms with Gasteiger partial charge in [0.15, 0.2) is 0 Å². The van der Waals surface area contributed by atoms with Gasteiger partial charge in [-0.25, -0.2) is 18.0 Å². The van der Waals surface area contributed by atoms with Crippen LogP contribution in [-0.4, -0.2) is 58.0 Å². The molecule has 0 aromatic heterocycles. The Morgan fingerprint density at radius 3 is 1.84 bits per heavy atom. The number of hydrogen-bond donors (Lipinski definition) is 0. The van der Waals surface area contributed by atoms with Crippen LogP contribution in [0.1, 0.15) is 35.6 Å². The first-order valence-corrected chi connectivity index (χ1v) is 13.9. The second-order valence-corrected chi connectivity index (χ2v) is 11.0. The summed E-state index contributed by atoms with van der Waals surface area (Å²) in [7, 11) is -2.21. The molecule has 8 nitrogen and oxygen atoms in total. The van der Waals surface area contributed by atoms with E-state index < -0.39 is 34.0 Å². The van der Waals surface area contributed by atoms with E-state index in [0.717, 1.165) is 55.7 Å². The Balaban J connectivity index is 1.94. The van der Waals surface area contributed by atoms with Gasteiger partial charge < -0.3 is 14.4 Å². The molecule has 200 valence electrons. The van der Waals surface area contributed by atoms with Crippen molar-refractivity contribution in [2.75, 3.05) is 32.2 Å². The zero-order chi connectivity index (χ0) is 27.3. The maximum Gasteiger partial charge on any atom is 0.335 e. The number of hydrogen-bond acceptors (Lipinski definition) is 7. The Bertz CT molecular complexity index is 1340. The predicted octanol–water partition coefficient (Wildman–Crippen LogP) is 4.09. The van der Waals surface area contributed by atoms with Crippen LogP contribution in [0, 0.1) is 6.92 Å². The highest BCUT2D eigenvalue weighted by molar-refractivity contribution is 7.89. The molecule has 3 aromatic carbocycles. The van der Waals surface area contributed by atoms with Crippen LogP contribution in [0.3, 0.4) is 0 Å². The molecule has 9 heteroatoms. The van der Waals surface area contributed by atoms with Gasteiger partial charge in [-0.15, -0.1) is 0 Å². The van der Waals surface area contributed by atoms with Gasteiger partial charge in [-0.2, -0.15) is 4.31 Å². The number of carbonyl (C=O) groups is 2. The van der Waals surface area contributed by atoms with Crippen LogP contribution in [0.4, 0.5) is 5.69 Å². The molecular formula is C29H32N2O6S. The summed E-state index contributed by atoms with van der Waals surface area (Å²) in [5, 5.41) is 0. The molecule has 1 heterocycles. The summed E-state index contributed by atoms with van der Waals surface area (Å²) in [6.07, 6.45) is 2.24. The van der Waals surface area contributed by atoms with Gasteiger partial charge in [0.1, 0.15) is 0 Å². The lowest BCUT2D eigenvalue weighted by atomic mass is 9.97. The second-order valence-electron chi connectivity index (χ2n) is 9.20. The topological polar surface area (TPSA) is 93.2 Å². The standard InChI is InChI=1S/C29H32N2O6S/c1-21-11-17-25(18-12-21)38(34,35)31(27(28(32)36-2)29(33)37-3)26(22-9-5-4-6-10-22)23-13-15-24(16-14-23)30-19-7-8-20-30/h4-6,9-18,26-27H,7-8,19-20H2,1-3H3. The van der Waals surface area contributed by atoms with Crippen molar-refractivity contribution in [3.8, 4) is 0 Å². The van der Waals surface area contributed by atoms with E-state index in [1.807, 2.05) is 37.3 Å². The zero-order valence-corrected chi connectivity index (χ0v) is 22.6. The molecule has 1 fully saturated rings. The van der Waals surface area contributed by atoms with Gasteiger partial charge in [-0.1, -0.05) is 60.2 Å². The number of aryl methyl sites for hydroxylation is 1. The number of carbonyl (C=O) groups excluding carboxylic acids is 2. The number of sulfonamides is 1. The maximum atomic E-state index is 14.3. The Morgan fingerprint density at radius 2 is 1.32 bits per heavy atom. The molecule has 0 spiro atoms. The molecule has 1 atom stereocenters. The van der Waals surface area contributed by atoms with E-state index in [2.05, 4.69) is 4.90 Å². The fourth-order valence-corrected chi connectivity index (χ4v) is 6.44. The molecule has 38 heavy (non-hydrogen) atoms. The lowest BCUT2D eigenvalue weighted by molar-refractivity contribution is -0.158. The van der Waals surface area contributed by atoms with Crippen LogP contribution >= 0.6 is 0 Å². The van der Waals surface area contributed by atoms with E-state index in [4.69, 9.17) is 9.47 Å². The lowest BCUT2D eigenvalue weighted by Gasteiger charge is -2.35. The number of esters is 2. The third-order valence-electron chi connectivity index (χ3n) is 6.75. The average Bonchev–Trinajstić information content (AvgIpc) is 3.48. The molecule has 1 unspecified atom stereocenters. The normalized spacial score (nSPS) is 14.5. The van der Waals surface area contributed by atoms with Crippen LogP contribution < -0.4 is 4.90 Å². The maximum absolute atomic E-state index is 14.3. The van der Waals surface area contributed by atoms with Crippen molar-refractivity contribution in [1.29, 1.82) is 0 Å². The van der Waals surface area contributed by atoms with Crippen LogP contribution in [0.25, 0.3) is 0 Å². The lowest BCUT2D eigenvalue weighted by Crippen LogP contribution is -2.52. The van der Waals surface area contributed by atoms with E-state index >= 15 is 0 Å². The molecule has 0 aliphatic carbocycles. The van der Waals surface area contributed by atoms with Crippen molar-refractivity contribution >= 4 is 27.6 Å². The quantitative estimate of drug-likeness (QED) is 0.300. The van der Waals surface area contributed by atoms with Gasteiger partial charge in [-0.05, 0) is 55.2 Å². The summed E-state index contributed by atoms with van der Waals surface area (Å²) >= 11 is 0.